The van der Waals surface area contributed by atoms with Gasteiger partial charge in [-0.2, -0.15) is 5.11 Å². The van der Waals surface area contributed by atoms with Gasteiger partial charge in [-0.3, -0.25) is 4.79 Å². The minimum atomic E-state index is -1.01. The van der Waals surface area contributed by atoms with Gasteiger partial charge in [0, 0.05) is 11.8 Å². The first-order valence-corrected chi connectivity index (χ1v) is 8.99. The molecule has 0 amide bonds. The lowest BCUT2D eigenvalue weighted by Crippen LogP contribution is -2.04. The van der Waals surface area contributed by atoms with Crippen molar-refractivity contribution < 1.29 is 19.4 Å². The van der Waals surface area contributed by atoms with Gasteiger partial charge in [-0.1, -0.05) is 36.4 Å². The zero-order valence-electron chi connectivity index (χ0n) is 15.5. The second-order valence-corrected chi connectivity index (χ2v) is 6.19. The summed E-state index contributed by atoms with van der Waals surface area (Å²) in [5.74, 6) is -1.22. The molecule has 3 rings (SSSR count). The third-order valence-electron chi connectivity index (χ3n) is 4.22. The number of aryl methyl sites for hydroxylation is 1. The predicted molar refractivity (Wildman–Crippen MR) is 106 cm³/mol. The highest BCUT2D eigenvalue weighted by atomic mass is 16.5. The number of esters is 1. The summed E-state index contributed by atoms with van der Waals surface area (Å²) in [6.45, 7) is 2.17. The number of fused-ring (bicyclic) bond motifs is 1. The zero-order chi connectivity index (χ0) is 19.9. The van der Waals surface area contributed by atoms with E-state index in [1.54, 1.807) is 13.0 Å². The Hall–Kier alpha value is -3.54. The summed E-state index contributed by atoms with van der Waals surface area (Å²) in [4.78, 5) is 22.8. The van der Waals surface area contributed by atoms with E-state index in [0.717, 1.165) is 16.3 Å². The molecule has 3 aromatic carbocycles. The number of ether oxygens (including phenoxy) is 1. The van der Waals surface area contributed by atoms with Crippen LogP contribution in [-0.2, 0) is 16.0 Å². The van der Waals surface area contributed by atoms with Crippen LogP contribution in [-0.4, -0.2) is 23.7 Å². The smallest absolute Gasteiger partial charge is 0.335 e. The van der Waals surface area contributed by atoms with Crippen LogP contribution in [0.5, 0.6) is 0 Å². The number of carboxylic acid groups (broad SMARTS) is 1. The number of aromatic carboxylic acids is 1. The average Bonchev–Trinajstić information content (AvgIpc) is 2.71. The first-order valence-electron chi connectivity index (χ1n) is 8.99. The molecule has 0 saturated heterocycles. The molecule has 142 valence electrons. The summed E-state index contributed by atoms with van der Waals surface area (Å²) in [5.41, 5.74) is 2.32. The fourth-order valence-corrected chi connectivity index (χ4v) is 2.82. The molecule has 1 N–H and O–H groups in total. The van der Waals surface area contributed by atoms with Crippen molar-refractivity contribution in [1.29, 1.82) is 0 Å². The van der Waals surface area contributed by atoms with Crippen molar-refractivity contribution >= 4 is 34.1 Å². The number of nitrogens with zero attached hydrogens (tertiary/aromatic N) is 2. The lowest BCUT2D eigenvalue weighted by molar-refractivity contribution is -0.143. The van der Waals surface area contributed by atoms with Crippen molar-refractivity contribution in [2.24, 2.45) is 10.2 Å². The van der Waals surface area contributed by atoms with Gasteiger partial charge >= 0.3 is 11.9 Å². The van der Waals surface area contributed by atoms with E-state index < -0.39 is 5.97 Å². The lowest BCUT2D eigenvalue weighted by Gasteiger charge is -2.04. The monoisotopic (exact) mass is 376 g/mol. The van der Waals surface area contributed by atoms with Crippen molar-refractivity contribution in [2.75, 3.05) is 6.61 Å². The van der Waals surface area contributed by atoms with Gasteiger partial charge < -0.3 is 9.84 Å². The Morgan fingerprint density at radius 1 is 1.00 bits per heavy atom. The lowest BCUT2D eigenvalue weighted by atomic mass is 10.1. The quantitative estimate of drug-likeness (QED) is 0.439. The maximum absolute atomic E-state index is 11.4. The SMILES string of the molecule is CCOC(=O)CCc1ccc(N=Nc2cc(C(=O)O)cc3ccccc23)cc1. The van der Waals surface area contributed by atoms with Gasteiger partial charge in [-0.05, 0) is 48.6 Å². The van der Waals surface area contributed by atoms with Gasteiger partial charge in [-0.15, -0.1) is 5.11 Å². The van der Waals surface area contributed by atoms with Gasteiger partial charge in [0.1, 0.15) is 0 Å². The minimum absolute atomic E-state index is 0.168. The van der Waals surface area contributed by atoms with E-state index in [0.29, 0.717) is 30.8 Å². The van der Waals surface area contributed by atoms with Crippen LogP contribution in [0.25, 0.3) is 10.8 Å². The standard InChI is InChI=1S/C22H20N2O4/c1-2-28-21(25)12-9-15-7-10-18(11-8-15)23-24-20-14-17(22(26)27)13-16-5-3-4-6-19(16)20/h3-8,10-11,13-14H,2,9,12H2,1H3,(H,26,27). The van der Waals surface area contributed by atoms with E-state index in [2.05, 4.69) is 10.2 Å². The van der Waals surface area contributed by atoms with Crippen molar-refractivity contribution in [1.82, 2.24) is 0 Å². The van der Waals surface area contributed by atoms with Gasteiger partial charge in [0.2, 0.25) is 0 Å². The van der Waals surface area contributed by atoms with Crippen LogP contribution in [0.2, 0.25) is 0 Å². The first kappa shape index (κ1) is 19.2. The molecule has 3 aromatic rings. The second-order valence-electron chi connectivity index (χ2n) is 6.19. The molecular formula is C22H20N2O4. The van der Waals surface area contributed by atoms with Crippen LogP contribution < -0.4 is 0 Å². The Kier molecular flexibility index (Phi) is 6.11. The van der Waals surface area contributed by atoms with Crippen LogP contribution in [0.15, 0.2) is 70.9 Å². The number of hydrogen-bond acceptors (Lipinski definition) is 5. The molecule has 6 heteroatoms. The molecule has 0 spiro atoms. The summed E-state index contributed by atoms with van der Waals surface area (Å²) in [6, 6.07) is 18.0. The molecule has 0 atom stereocenters. The maximum Gasteiger partial charge on any atom is 0.335 e. The van der Waals surface area contributed by atoms with Gasteiger partial charge in [0.15, 0.2) is 0 Å². The summed E-state index contributed by atoms with van der Waals surface area (Å²) in [5, 5.41) is 19.4. The Balaban J connectivity index is 1.78. The van der Waals surface area contributed by atoms with Crippen LogP contribution in [0.1, 0.15) is 29.3 Å². The van der Waals surface area contributed by atoms with Crippen LogP contribution in [0.3, 0.4) is 0 Å². The van der Waals surface area contributed by atoms with E-state index in [1.165, 1.54) is 6.07 Å². The molecular weight excluding hydrogens is 356 g/mol. The molecule has 0 aliphatic rings. The molecule has 0 unspecified atom stereocenters. The highest BCUT2D eigenvalue weighted by Crippen LogP contribution is 2.29. The van der Waals surface area contributed by atoms with E-state index in [-0.39, 0.29) is 11.5 Å². The van der Waals surface area contributed by atoms with E-state index in [9.17, 15) is 14.7 Å². The zero-order valence-corrected chi connectivity index (χ0v) is 15.5. The Labute approximate surface area is 162 Å². The Bertz CT molecular complexity index is 1030. The van der Waals surface area contributed by atoms with Gasteiger partial charge in [-0.25, -0.2) is 4.79 Å². The van der Waals surface area contributed by atoms with E-state index in [1.807, 2.05) is 48.5 Å². The molecule has 28 heavy (non-hydrogen) atoms. The minimum Gasteiger partial charge on any atom is -0.478 e. The topological polar surface area (TPSA) is 88.3 Å². The highest BCUT2D eigenvalue weighted by Gasteiger charge is 2.09. The van der Waals surface area contributed by atoms with E-state index >= 15 is 0 Å². The second kappa shape index (κ2) is 8.90. The number of azo groups is 1. The summed E-state index contributed by atoms with van der Waals surface area (Å²) < 4.78 is 4.92. The molecule has 0 aliphatic carbocycles. The number of carbonyl (C=O) groups excluding carboxylic acids is 1. The predicted octanol–water partition coefficient (Wildman–Crippen LogP) is 5.45. The van der Waals surface area contributed by atoms with Crippen molar-refractivity contribution in [3.8, 4) is 0 Å². The highest BCUT2D eigenvalue weighted by molar-refractivity contribution is 6.00. The van der Waals surface area contributed by atoms with E-state index in [4.69, 9.17) is 4.74 Å². The molecule has 0 bridgehead atoms. The molecule has 0 saturated carbocycles. The van der Waals surface area contributed by atoms with Gasteiger partial charge in [0.05, 0.1) is 23.5 Å². The molecule has 0 radical (unpaired) electrons. The normalized spacial score (nSPS) is 11.0. The van der Waals surface area contributed by atoms with Crippen molar-refractivity contribution in [2.45, 2.75) is 19.8 Å². The average molecular weight is 376 g/mol. The summed E-state index contributed by atoms with van der Waals surface area (Å²) in [7, 11) is 0. The fraction of sp³-hybridized carbons (Fsp3) is 0.182. The number of hydrogen-bond donors (Lipinski definition) is 1. The Morgan fingerprint density at radius 3 is 2.46 bits per heavy atom. The number of carbonyl (C=O) groups is 2. The fourth-order valence-electron chi connectivity index (χ4n) is 2.82. The molecule has 6 nitrogen and oxygen atoms in total. The Morgan fingerprint density at radius 2 is 1.75 bits per heavy atom. The first-order chi connectivity index (χ1) is 13.6. The van der Waals surface area contributed by atoms with Crippen LogP contribution in [0, 0.1) is 0 Å². The molecule has 0 aromatic heterocycles. The number of carboxylic acids is 1. The molecule has 0 heterocycles. The summed E-state index contributed by atoms with van der Waals surface area (Å²) in [6.07, 6.45) is 0.935. The number of benzene rings is 3. The third-order valence-corrected chi connectivity index (χ3v) is 4.22. The number of rotatable bonds is 7. The van der Waals surface area contributed by atoms with Crippen molar-refractivity contribution in [3.05, 3.63) is 71.8 Å². The third kappa shape index (κ3) is 4.79. The molecule has 0 aliphatic heterocycles. The largest absolute Gasteiger partial charge is 0.478 e. The van der Waals surface area contributed by atoms with Crippen LogP contribution >= 0.6 is 0 Å². The maximum atomic E-state index is 11.4. The van der Waals surface area contributed by atoms with Crippen LogP contribution in [0.4, 0.5) is 11.4 Å². The molecule has 0 fully saturated rings. The summed E-state index contributed by atoms with van der Waals surface area (Å²) >= 11 is 0. The van der Waals surface area contributed by atoms with Crippen molar-refractivity contribution in [3.63, 3.8) is 0 Å². The van der Waals surface area contributed by atoms with Gasteiger partial charge in [0.25, 0.3) is 0 Å².